The Morgan fingerprint density at radius 1 is 1.21 bits per heavy atom. The van der Waals surface area contributed by atoms with Gasteiger partial charge in [-0.25, -0.2) is 0 Å². The maximum atomic E-state index is 11.3. The molecule has 0 radical (unpaired) electrons. The summed E-state index contributed by atoms with van der Waals surface area (Å²) in [6.45, 7) is 7.38. The molecule has 2 aliphatic rings. The summed E-state index contributed by atoms with van der Waals surface area (Å²) in [6.07, 6.45) is 4.93. The standard InChI is InChI=1S/C17H25NO/c1-13-5-8-16(14(2)11-13)17(19,15-6-7-15)12-18-9-3-4-10-18/h5,8,11,15,19H,3-4,6-7,9-10,12H2,1-2H3. The maximum absolute atomic E-state index is 11.3. The van der Waals surface area contributed by atoms with Crippen molar-refractivity contribution in [2.45, 2.75) is 45.1 Å². The topological polar surface area (TPSA) is 23.5 Å². The molecule has 0 bridgehead atoms. The largest absolute Gasteiger partial charge is 0.384 e. The molecule has 2 nitrogen and oxygen atoms in total. The molecule has 1 aromatic rings. The summed E-state index contributed by atoms with van der Waals surface area (Å²) in [5, 5.41) is 11.3. The second-order valence-electron chi connectivity index (χ2n) is 6.50. The lowest BCUT2D eigenvalue weighted by atomic mass is 9.84. The lowest BCUT2D eigenvalue weighted by Crippen LogP contribution is -2.42. The first kappa shape index (κ1) is 13.1. The number of hydrogen-bond donors (Lipinski definition) is 1. The Balaban J connectivity index is 1.90. The van der Waals surface area contributed by atoms with Crippen molar-refractivity contribution in [2.24, 2.45) is 5.92 Å². The van der Waals surface area contributed by atoms with E-state index in [0.717, 1.165) is 25.2 Å². The lowest BCUT2D eigenvalue weighted by Gasteiger charge is -2.34. The Hall–Kier alpha value is -0.860. The van der Waals surface area contributed by atoms with Gasteiger partial charge >= 0.3 is 0 Å². The molecule has 1 N–H and O–H groups in total. The molecular weight excluding hydrogens is 234 g/mol. The average Bonchev–Trinajstić information content (AvgIpc) is 3.10. The highest BCUT2D eigenvalue weighted by molar-refractivity contribution is 5.36. The fourth-order valence-corrected chi connectivity index (χ4v) is 3.58. The van der Waals surface area contributed by atoms with Crippen LogP contribution in [0, 0.1) is 19.8 Å². The van der Waals surface area contributed by atoms with E-state index in [0.29, 0.717) is 5.92 Å². The van der Waals surface area contributed by atoms with E-state index in [-0.39, 0.29) is 0 Å². The third-order valence-corrected chi connectivity index (χ3v) is 4.76. The molecule has 1 saturated carbocycles. The van der Waals surface area contributed by atoms with E-state index < -0.39 is 5.60 Å². The number of likely N-dealkylation sites (tertiary alicyclic amines) is 1. The quantitative estimate of drug-likeness (QED) is 0.898. The number of nitrogens with zero attached hydrogens (tertiary/aromatic N) is 1. The summed E-state index contributed by atoms with van der Waals surface area (Å²) in [4.78, 5) is 2.44. The van der Waals surface area contributed by atoms with Crippen LogP contribution in [0.25, 0.3) is 0 Å². The minimum Gasteiger partial charge on any atom is -0.384 e. The smallest absolute Gasteiger partial charge is 0.105 e. The second-order valence-corrected chi connectivity index (χ2v) is 6.50. The van der Waals surface area contributed by atoms with Gasteiger partial charge in [-0.2, -0.15) is 0 Å². The number of hydrogen-bond acceptors (Lipinski definition) is 2. The van der Waals surface area contributed by atoms with Crippen LogP contribution in [-0.4, -0.2) is 29.6 Å². The fourth-order valence-electron chi connectivity index (χ4n) is 3.58. The van der Waals surface area contributed by atoms with Crippen molar-refractivity contribution in [3.63, 3.8) is 0 Å². The number of rotatable bonds is 4. The summed E-state index contributed by atoms with van der Waals surface area (Å²) in [7, 11) is 0. The zero-order valence-electron chi connectivity index (χ0n) is 12.2. The van der Waals surface area contributed by atoms with Crippen LogP contribution >= 0.6 is 0 Å². The Morgan fingerprint density at radius 3 is 2.47 bits per heavy atom. The minimum absolute atomic E-state index is 0.467. The molecule has 104 valence electrons. The van der Waals surface area contributed by atoms with Gasteiger partial charge in [-0.15, -0.1) is 0 Å². The zero-order chi connectivity index (χ0) is 13.5. The fraction of sp³-hybridized carbons (Fsp3) is 0.647. The van der Waals surface area contributed by atoms with Crippen LogP contribution in [0.4, 0.5) is 0 Å². The summed E-state index contributed by atoms with van der Waals surface area (Å²) in [5.74, 6) is 0.467. The predicted molar refractivity (Wildman–Crippen MR) is 78.2 cm³/mol. The molecule has 0 amide bonds. The van der Waals surface area contributed by atoms with Gasteiger partial charge in [-0.1, -0.05) is 23.8 Å². The van der Waals surface area contributed by atoms with Gasteiger partial charge in [0.1, 0.15) is 5.60 Å². The molecule has 2 heteroatoms. The number of aliphatic hydroxyl groups is 1. The highest BCUT2D eigenvalue weighted by atomic mass is 16.3. The van der Waals surface area contributed by atoms with E-state index in [1.165, 1.54) is 36.8 Å². The molecule has 3 rings (SSSR count). The molecular formula is C17H25NO. The van der Waals surface area contributed by atoms with E-state index in [1.54, 1.807) is 0 Å². The first-order valence-electron chi connectivity index (χ1n) is 7.62. The molecule has 0 aromatic heterocycles. The first-order valence-corrected chi connectivity index (χ1v) is 7.62. The SMILES string of the molecule is Cc1ccc(C(O)(CN2CCCC2)C2CC2)c(C)c1. The van der Waals surface area contributed by atoms with Gasteiger partial charge in [-0.05, 0) is 69.7 Å². The Morgan fingerprint density at radius 2 is 1.89 bits per heavy atom. The first-order chi connectivity index (χ1) is 9.09. The van der Waals surface area contributed by atoms with E-state index in [9.17, 15) is 5.11 Å². The molecule has 0 spiro atoms. The van der Waals surface area contributed by atoms with Gasteiger partial charge < -0.3 is 10.0 Å². The molecule has 1 atom stereocenters. The summed E-state index contributed by atoms with van der Waals surface area (Å²) in [5.41, 5.74) is 3.06. The Labute approximate surface area is 116 Å². The Kier molecular flexibility index (Phi) is 3.40. The van der Waals surface area contributed by atoms with Crippen molar-refractivity contribution in [1.29, 1.82) is 0 Å². The summed E-state index contributed by atoms with van der Waals surface area (Å²) >= 11 is 0. The maximum Gasteiger partial charge on any atom is 0.105 e. The van der Waals surface area contributed by atoms with Crippen LogP contribution in [0.5, 0.6) is 0 Å². The molecule has 1 heterocycles. The monoisotopic (exact) mass is 259 g/mol. The van der Waals surface area contributed by atoms with Crippen LogP contribution in [0.2, 0.25) is 0 Å². The van der Waals surface area contributed by atoms with E-state index >= 15 is 0 Å². The van der Waals surface area contributed by atoms with Gasteiger partial charge in [-0.3, -0.25) is 0 Å². The molecule has 1 aliphatic heterocycles. The van der Waals surface area contributed by atoms with Gasteiger partial charge in [0.2, 0.25) is 0 Å². The molecule has 1 saturated heterocycles. The van der Waals surface area contributed by atoms with Crippen LogP contribution in [0.1, 0.15) is 42.4 Å². The normalized spacial score (nSPS) is 23.5. The van der Waals surface area contributed by atoms with Gasteiger partial charge in [0.05, 0.1) is 0 Å². The molecule has 19 heavy (non-hydrogen) atoms. The van der Waals surface area contributed by atoms with Crippen molar-refractivity contribution in [3.05, 3.63) is 34.9 Å². The molecule has 1 aliphatic carbocycles. The van der Waals surface area contributed by atoms with Crippen LogP contribution in [-0.2, 0) is 5.60 Å². The molecule has 1 unspecified atom stereocenters. The van der Waals surface area contributed by atoms with E-state index in [2.05, 4.69) is 36.9 Å². The minimum atomic E-state index is -0.623. The average molecular weight is 259 g/mol. The molecule has 2 fully saturated rings. The summed E-state index contributed by atoms with van der Waals surface area (Å²) in [6, 6.07) is 6.49. The van der Waals surface area contributed by atoms with Crippen molar-refractivity contribution in [2.75, 3.05) is 19.6 Å². The van der Waals surface area contributed by atoms with Crippen molar-refractivity contribution < 1.29 is 5.11 Å². The second kappa shape index (κ2) is 4.92. The zero-order valence-corrected chi connectivity index (χ0v) is 12.2. The van der Waals surface area contributed by atoms with Gasteiger partial charge in [0.25, 0.3) is 0 Å². The van der Waals surface area contributed by atoms with Crippen molar-refractivity contribution >= 4 is 0 Å². The third-order valence-electron chi connectivity index (χ3n) is 4.76. The van der Waals surface area contributed by atoms with Crippen LogP contribution in [0.15, 0.2) is 18.2 Å². The number of aryl methyl sites for hydroxylation is 2. The number of β-amino-alcohol motifs (C(OH)–C–C–N with tert-alkyl or cyclic N) is 1. The van der Waals surface area contributed by atoms with Crippen LogP contribution in [0.3, 0.4) is 0 Å². The van der Waals surface area contributed by atoms with Gasteiger partial charge in [0, 0.05) is 6.54 Å². The lowest BCUT2D eigenvalue weighted by molar-refractivity contribution is -0.0164. The summed E-state index contributed by atoms with van der Waals surface area (Å²) < 4.78 is 0. The molecule has 1 aromatic carbocycles. The van der Waals surface area contributed by atoms with E-state index in [1.807, 2.05) is 0 Å². The van der Waals surface area contributed by atoms with Crippen LogP contribution < -0.4 is 0 Å². The third kappa shape index (κ3) is 2.56. The van der Waals surface area contributed by atoms with Gasteiger partial charge in [0.15, 0.2) is 0 Å². The number of benzene rings is 1. The van der Waals surface area contributed by atoms with Crippen molar-refractivity contribution in [3.8, 4) is 0 Å². The predicted octanol–water partition coefficient (Wildman–Crippen LogP) is 3.00. The van der Waals surface area contributed by atoms with E-state index in [4.69, 9.17) is 0 Å². The highest BCUT2D eigenvalue weighted by Crippen LogP contribution is 2.47. The van der Waals surface area contributed by atoms with Crippen molar-refractivity contribution in [1.82, 2.24) is 4.90 Å². The Bertz CT molecular complexity index is 460. The highest BCUT2D eigenvalue weighted by Gasteiger charge is 2.46.